The third-order valence-corrected chi connectivity index (χ3v) is 5.52. The van der Waals surface area contributed by atoms with Gasteiger partial charge >= 0.3 is 0 Å². The number of hydrogen-bond acceptors (Lipinski definition) is 4. The Morgan fingerprint density at radius 2 is 1.80 bits per heavy atom. The summed E-state index contributed by atoms with van der Waals surface area (Å²) in [5.41, 5.74) is 6.51. The first-order valence-electron chi connectivity index (χ1n) is 7.94. The minimum Gasteiger partial charge on any atom is -0.370 e. The van der Waals surface area contributed by atoms with Gasteiger partial charge in [0.05, 0.1) is 11.8 Å². The molecule has 0 saturated heterocycles. The Labute approximate surface area is 120 Å². The van der Waals surface area contributed by atoms with E-state index in [9.17, 15) is 0 Å². The Morgan fingerprint density at radius 1 is 1.10 bits per heavy atom. The Morgan fingerprint density at radius 3 is 2.45 bits per heavy atom. The maximum absolute atomic E-state index is 6.24. The topological polar surface area (TPSA) is 61.0 Å². The number of ether oxygens (including phenoxy) is 1. The van der Waals surface area contributed by atoms with E-state index in [0.29, 0.717) is 19.3 Å². The van der Waals surface area contributed by atoms with Gasteiger partial charge in [0.1, 0.15) is 6.61 Å². The van der Waals surface area contributed by atoms with E-state index in [1.165, 1.54) is 32.1 Å². The van der Waals surface area contributed by atoms with Crippen LogP contribution < -0.4 is 5.73 Å². The van der Waals surface area contributed by atoms with E-state index in [1.54, 1.807) is 6.20 Å². The van der Waals surface area contributed by atoms with Crippen LogP contribution in [0.4, 0.5) is 0 Å². The number of aromatic nitrogens is 2. The summed E-state index contributed by atoms with van der Waals surface area (Å²) < 4.78 is 6.24. The molecular formula is C16H23N3O. The predicted molar refractivity (Wildman–Crippen MR) is 75.5 cm³/mol. The van der Waals surface area contributed by atoms with E-state index in [-0.39, 0.29) is 0 Å². The van der Waals surface area contributed by atoms with Crippen molar-refractivity contribution in [3.63, 3.8) is 0 Å². The van der Waals surface area contributed by atoms with Gasteiger partial charge in [0, 0.05) is 12.7 Å². The van der Waals surface area contributed by atoms with Gasteiger partial charge in [-0.2, -0.15) is 0 Å². The van der Waals surface area contributed by atoms with Crippen molar-refractivity contribution in [3.05, 3.63) is 23.8 Å². The molecule has 4 fully saturated rings. The molecule has 0 aliphatic heterocycles. The molecule has 0 radical (unpaired) electrons. The Kier molecular flexibility index (Phi) is 3.23. The number of rotatable bonds is 4. The van der Waals surface area contributed by atoms with Gasteiger partial charge in [-0.15, -0.1) is 0 Å². The lowest BCUT2D eigenvalue weighted by Gasteiger charge is -2.53. The number of hydrogen-bond donors (Lipinski definition) is 1. The summed E-state index contributed by atoms with van der Waals surface area (Å²) in [5, 5.41) is 0. The fourth-order valence-electron chi connectivity index (χ4n) is 4.94. The number of nitrogens with two attached hydrogens (primary N) is 1. The minimum absolute atomic E-state index is 0.452. The molecule has 1 heterocycles. The summed E-state index contributed by atoms with van der Waals surface area (Å²) in [6, 6.07) is 1.87. The molecule has 20 heavy (non-hydrogen) atoms. The smallest absolute Gasteiger partial charge is 0.154 e. The van der Waals surface area contributed by atoms with E-state index in [4.69, 9.17) is 10.5 Å². The molecule has 0 unspecified atom stereocenters. The average molecular weight is 273 g/mol. The third kappa shape index (κ3) is 2.25. The molecule has 4 heteroatoms. The quantitative estimate of drug-likeness (QED) is 0.914. The molecule has 0 atom stereocenters. The van der Waals surface area contributed by atoms with Crippen LogP contribution in [0, 0.1) is 23.7 Å². The van der Waals surface area contributed by atoms with E-state index < -0.39 is 0 Å². The fourth-order valence-corrected chi connectivity index (χ4v) is 4.94. The average Bonchev–Trinajstić information content (AvgIpc) is 2.46. The highest BCUT2D eigenvalue weighted by Gasteiger charge is 2.48. The Hall–Kier alpha value is -1.00. The van der Waals surface area contributed by atoms with Crippen LogP contribution in [0.5, 0.6) is 0 Å². The molecule has 4 aliphatic rings. The lowest BCUT2D eigenvalue weighted by atomic mass is 9.55. The molecule has 4 aliphatic carbocycles. The minimum atomic E-state index is 0.452. The summed E-state index contributed by atoms with van der Waals surface area (Å²) in [4.78, 5) is 8.73. The van der Waals surface area contributed by atoms with Crippen molar-refractivity contribution in [2.24, 2.45) is 29.4 Å². The van der Waals surface area contributed by atoms with Crippen LogP contribution in [0.2, 0.25) is 0 Å². The largest absolute Gasteiger partial charge is 0.370 e. The second kappa shape index (κ2) is 5.08. The van der Waals surface area contributed by atoms with E-state index in [1.807, 2.05) is 6.07 Å². The molecule has 108 valence electrons. The van der Waals surface area contributed by atoms with E-state index in [0.717, 1.165) is 35.2 Å². The van der Waals surface area contributed by atoms with Gasteiger partial charge in [-0.3, -0.25) is 0 Å². The maximum Gasteiger partial charge on any atom is 0.154 e. The lowest BCUT2D eigenvalue weighted by molar-refractivity contribution is -0.133. The van der Waals surface area contributed by atoms with Gasteiger partial charge in [0.15, 0.2) is 5.82 Å². The van der Waals surface area contributed by atoms with Crippen molar-refractivity contribution in [2.45, 2.75) is 51.4 Å². The maximum atomic E-state index is 6.24. The summed E-state index contributed by atoms with van der Waals surface area (Å²) in [6.45, 7) is 1.01. The first-order valence-corrected chi connectivity index (χ1v) is 7.94. The van der Waals surface area contributed by atoms with Crippen molar-refractivity contribution in [3.8, 4) is 0 Å². The van der Waals surface area contributed by atoms with Crippen LogP contribution in [0.15, 0.2) is 12.3 Å². The highest BCUT2D eigenvalue weighted by atomic mass is 16.5. The highest BCUT2D eigenvalue weighted by Crippen LogP contribution is 2.54. The molecule has 4 bridgehead atoms. The summed E-state index contributed by atoms with van der Waals surface area (Å²) in [6.07, 6.45) is 9.28. The highest BCUT2D eigenvalue weighted by molar-refractivity contribution is 5.02. The van der Waals surface area contributed by atoms with Crippen LogP contribution in [0.25, 0.3) is 0 Å². The van der Waals surface area contributed by atoms with Crippen molar-refractivity contribution in [2.75, 3.05) is 0 Å². The zero-order chi connectivity index (χ0) is 13.5. The van der Waals surface area contributed by atoms with E-state index >= 15 is 0 Å². The molecule has 5 rings (SSSR count). The molecule has 0 aromatic carbocycles. The van der Waals surface area contributed by atoms with Gasteiger partial charge < -0.3 is 10.5 Å². The third-order valence-electron chi connectivity index (χ3n) is 5.52. The molecular weight excluding hydrogens is 250 g/mol. The molecule has 4 nitrogen and oxygen atoms in total. The van der Waals surface area contributed by atoms with Crippen molar-refractivity contribution in [1.29, 1.82) is 0 Å². The SMILES string of the molecule is NCc1ccnc(COC2C3CC4CC(C3)CC2C4)n1. The normalized spacial score (nSPS) is 38.4. The van der Waals surface area contributed by atoms with Gasteiger partial charge in [-0.1, -0.05) is 0 Å². The van der Waals surface area contributed by atoms with Gasteiger partial charge in [0.25, 0.3) is 0 Å². The summed E-state index contributed by atoms with van der Waals surface area (Å²) in [5.74, 6) is 4.36. The Balaban J connectivity index is 1.42. The molecule has 0 amide bonds. The van der Waals surface area contributed by atoms with Crippen LogP contribution >= 0.6 is 0 Å². The zero-order valence-electron chi connectivity index (χ0n) is 11.9. The van der Waals surface area contributed by atoms with Crippen molar-refractivity contribution >= 4 is 0 Å². The standard InChI is InChI=1S/C16H23N3O/c17-8-14-1-2-18-15(19-14)9-20-16-12-4-10-3-11(6-12)7-13(16)5-10/h1-2,10-13,16H,3-9,17H2. The van der Waals surface area contributed by atoms with Crippen molar-refractivity contribution < 1.29 is 4.74 Å². The number of nitrogens with zero attached hydrogens (tertiary/aromatic N) is 2. The molecule has 2 N–H and O–H groups in total. The first-order chi connectivity index (χ1) is 9.81. The molecule has 1 aromatic heterocycles. The molecule has 0 spiro atoms. The van der Waals surface area contributed by atoms with Gasteiger partial charge in [0.2, 0.25) is 0 Å². The second-order valence-corrected chi connectivity index (χ2v) is 6.87. The first kappa shape index (κ1) is 12.7. The lowest BCUT2D eigenvalue weighted by Crippen LogP contribution is -2.49. The Bertz CT molecular complexity index is 462. The van der Waals surface area contributed by atoms with E-state index in [2.05, 4.69) is 9.97 Å². The van der Waals surface area contributed by atoms with Crippen LogP contribution in [0.1, 0.15) is 43.6 Å². The molecule has 4 saturated carbocycles. The summed E-state index contributed by atoms with van der Waals surface area (Å²) >= 11 is 0. The van der Waals surface area contributed by atoms with Gasteiger partial charge in [-0.05, 0) is 61.8 Å². The monoisotopic (exact) mass is 273 g/mol. The van der Waals surface area contributed by atoms with Crippen LogP contribution in [0.3, 0.4) is 0 Å². The van der Waals surface area contributed by atoms with Crippen molar-refractivity contribution in [1.82, 2.24) is 9.97 Å². The fraction of sp³-hybridized carbons (Fsp3) is 0.750. The zero-order valence-corrected chi connectivity index (χ0v) is 11.9. The van der Waals surface area contributed by atoms with Crippen LogP contribution in [-0.4, -0.2) is 16.1 Å². The second-order valence-electron chi connectivity index (χ2n) is 6.87. The predicted octanol–water partition coefficient (Wildman–Crippen LogP) is 2.28. The van der Waals surface area contributed by atoms with Crippen LogP contribution in [-0.2, 0) is 17.9 Å². The molecule has 1 aromatic rings. The summed E-state index contributed by atoms with van der Waals surface area (Å²) in [7, 11) is 0. The van der Waals surface area contributed by atoms with Gasteiger partial charge in [-0.25, -0.2) is 9.97 Å².